The summed E-state index contributed by atoms with van der Waals surface area (Å²) < 4.78 is 1.25. The summed E-state index contributed by atoms with van der Waals surface area (Å²) in [5.74, 6) is -0.448. The van der Waals surface area contributed by atoms with E-state index < -0.39 is 11.2 Å². The summed E-state index contributed by atoms with van der Waals surface area (Å²) in [5.41, 5.74) is 6.78. The van der Waals surface area contributed by atoms with Crippen molar-refractivity contribution in [2.75, 3.05) is 29.0 Å². The fourth-order valence-electron chi connectivity index (χ4n) is 3.41. The summed E-state index contributed by atoms with van der Waals surface area (Å²) in [7, 11) is 0. The molecule has 3 rings (SSSR count). The molecule has 4 N–H and O–H groups in total. The number of carbonyl (C=O) groups excluding carboxylic acids is 1. The molecule has 0 unspecified atom stereocenters. The monoisotopic (exact) mass is 446 g/mol. The Morgan fingerprint density at radius 1 is 1.18 bits per heavy atom. The first-order valence-electron chi connectivity index (χ1n) is 10.7. The molecule has 1 heterocycles. The molecule has 2 aromatic carbocycles. The standard InChI is InChI=1S/C24H26N6O3/c1-2-3-12-29(20(31)15-27-19-11-7-10-18(13-19)14-25)21-22(26)30(24(33)28-23(21)32)16-17-8-5-4-6-9-17/h4-11,13,27H,2-3,12,15-16,26H2,1H3,(H,28,32,33). The number of benzene rings is 2. The molecule has 1 aromatic heterocycles. The van der Waals surface area contributed by atoms with Crippen LogP contribution in [0.15, 0.2) is 64.2 Å². The number of nitrogens with one attached hydrogen (secondary N) is 2. The lowest BCUT2D eigenvalue weighted by molar-refractivity contribution is -0.117. The summed E-state index contributed by atoms with van der Waals surface area (Å²) in [6.45, 7) is 2.28. The van der Waals surface area contributed by atoms with Crippen molar-refractivity contribution in [3.63, 3.8) is 0 Å². The van der Waals surface area contributed by atoms with Crippen LogP contribution in [-0.4, -0.2) is 28.5 Å². The van der Waals surface area contributed by atoms with Gasteiger partial charge >= 0.3 is 5.69 Å². The highest BCUT2D eigenvalue weighted by Gasteiger charge is 2.24. The molecule has 1 amide bonds. The van der Waals surface area contributed by atoms with Crippen LogP contribution in [0.1, 0.15) is 30.9 Å². The van der Waals surface area contributed by atoms with Gasteiger partial charge in [-0.1, -0.05) is 49.7 Å². The van der Waals surface area contributed by atoms with E-state index in [2.05, 4.69) is 10.3 Å². The number of hydrogen-bond donors (Lipinski definition) is 3. The van der Waals surface area contributed by atoms with Crippen molar-refractivity contribution in [2.24, 2.45) is 0 Å². The van der Waals surface area contributed by atoms with Gasteiger partial charge < -0.3 is 16.0 Å². The Bertz CT molecular complexity index is 1270. The third-order valence-corrected chi connectivity index (χ3v) is 5.14. The van der Waals surface area contributed by atoms with E-state index >= 15 is 0 Å². The van der Waals surface area contributed by atoms with E-state index in [0.717, 1.165) is 12.0 Å². The van der Waals surface area contributed by atoms with E-state index in [1.165, 1.54) is 9.47 Å². The predicted octanol–water partition coefficient (Wildman–Crippen LogP) is 2.28. The van der Waals surface area contributed by atoms with Crippen LogP contribution in [0.5, 0.6) is 0 Å². The lowest BCUT2D eigenvalue weighted by Crippen LogP contribution is -2.43. The van der Waals surface area contributed by atoms with Gasteiger partial charge in [-0.25, -0.2) is 4.79 Å². The second-order valence-corrected chi connectivity index (χ2v) is 7.51. The number of H-pyrrole nitrogens is 1. The smallest absolute Gasteiger partial charge is 0.330 e. The van der Waals surface area contributed by atoms with Crippen LogP contribution >= 0.6 is 0 Å². The number of hydrogen-bond acceptors (Lipinski definition) is 6. The van der Waals surface area contributed by atoms with Crippen molar-refractivity contribution < 1.29 is 4.79 Å². The van der Waals surface area contributed by atoms with Crippen molar-refractivity contribution in [3.8, 4) is 6.07 Å². The van der Waals surface area contributed by atoms with Gasteiger partial charge in [0.15, 0.2) is 5.69 Å². The Hall–Kier alpha value is -4.32. The maximum absolute atomic E-state index is 13.1. The van der Waals surface area contributed by atoms with Gasteiger partial charge in [-0.3, -0.25) is 19.1 Å². The van der Waals surface area contributed by atoms with Crippen LogP contribution in [0.3, 0.4) is 0 Å². The van der Waals surface area contributed by atoms with Gasteiger partial charge in [0.05, 0.1) is 24.7 Å². The number of aromatic nitrogens is 2. The van der Waals surface area contributed by atoms with Gasteiger partial charge in [-0.2, -0.15) is 5.26 Å². The molecule has 0 radical (unpaired) electrons. The molecule has 0 aliphatic rings. The average Bonchev–Trinajstić information content (AvgIpc) is 2.83. The Morgan fingerprint density at radius 2 is 1.94 bits per heavy atom. The zero-order valence-electron chi connectivity index (χ0n) is 18.4. The molecule has 170 valence electrons. The highest BCUT2D eigenvalue weighted by molar-refractivity contribution is 5.98. The Morgan fingerprint density at radius 3 is 2.64 bits per heavy atom. The molecule has 0 fully saturated rings. The Balaban J connectivity index is 1.93. The third-order valence-electron chi connectivity index (χ3n) is 5.14. The number of carbonyl (C=O) groups is 1. The minimum atomic E-state index is -0.710. The highest BCUT2D eigenvalue weighted by Crippen LogP contribution is 2.19. The molecule has 0 saturated carbocycles. The maximum atomic E-state index is 13.1. The van der Waals surface area contributed by atoms with E-state index in [-0.39, 0.29) is 37.0 Å². The van der Waals surface area contributed by atoms with Gasteiger partial charge in [-0.05, 0) is 30.2 Å². The largest absolute Gasteiger partial charge is 0.383 e. The molecule has 0 aliphatic heterocycles. The highest BCUT2D eigenvalue weighted by atomic mass is 16.2. The second-order valence-electron chi connectivity index (χ2n) is 7.51. The fraction of sp³-hybridized carbons (Fsp3) is 0.250. The van der Waals surface area contributed by atoms with Crippen LogP contribution in [0.25, 0.3) is 0 Å². The predicted molar refractivity (Wildman–Crippen MR) is 128 cm³/mol. The quantitative estimate of drug-likeness (QED) is 0.461. The summed E-state index contributed by atoms with van der Waals surface area (Å²) in [6.07, 6.45) is 1.44. The molecular weight excluding hydrogens is 420 g/mol. The lowest BCUT2D eigenvalue weighted by Gasteiger charge is -2.25. The first kappa shape index (κ1) is 23.3. The normalized spacial score (nSPS) is 10.4. The fourth-order valence-corrected chi connectivity index (χ4v) is 3.41. The molecule has 0 atom stereocenters. The molecular formula is C24H26N6O3. The summed E-state index contributed by atoms with van der Waals surface area (Å²) >= 11 is 0. The minimum Gasteiger partial charge on any atom is -0.383 e. The van der Waals surface area contributed by atoms with Crippen molar-refractivity contribution in [3.05, 3.63) is 86.6 Å². The van der Waals surface area contributed by atoms with Crippen molar-refractivity contribution >= 4 is 23.1 Å². The van der Waals surface area contributed by atoms with E-state index in [9.17, 15) is 14.4 Å². The van der Waals surface area contributed by atoms with Crippen molar-refractivity contribution in [1.82, 2.24) is 9.55 Å². The van der Waals surface area contributed by atoms with Crippen molar-refractivity contribution in [1.29, 1.82) is 5.26 Å². The van der Waals surface area contributed by atoms with E-state index in [1.54, 1.807) is 24.3 Å². The van der Waals surface area contributed by atoms with E-state index in [4.69, 9.17) is 11.0 Å². The third kappa shape index (κ3) is 5.68. The number of rotatable bonds is 9. The Labute approximate surface area is 191 Å². The molecule has 9 nitrogen and oxygen atoms in total. The molecule has 33 heavy (non-hydrogen) atoms. The number of aromatic amines is 1. The first-order valence-corrected chi connectivity index (χ1v) is 10.7. The topological polar surface area (TPSA) is 137 Å². The summed E-state index contributed by atoms with van der Waals surface area (Å²) in [4.78, 5) is 42.0. The molecule has 0 spiro atoms. The number of nitriles is 1. The van der Waals surface area contributed by atoms with Gasteiger partial charge in [0.1, 0.15) is 5.82 Å². The van der Waals surface area contributed by atoms with Crippen LogP contribution in [0.2, 0.25) is 0 Å². The number of anilines is 3. The van der Waals surface area contributed by atoms with Gasteiger partial charge in [-0.15, -0.1) is 0 Å². The van der Waals surface area contributed by atoms with Crippen LogP contribution in [-0.2, 0) is 11.3 Å². The van der Waals surface area contributed by atoms with E-state index in [1.807, 2.05) is 43.3 Å². The molecule has 9 heteroatoms. The molecule has 0 bridgehead atoms. The lowest BCUT2D eigenvalue weighted by atomic mass is 10.2. The molecule has 0 aliphatic carbocycles. The SMILES string of the molecule is CCCCN(C(=O)CNc1cccc(C#N)c1)c1c(N)n(Cc2ccccc2)c(=O)[nH]c1=O. The minimum absolute atomic E-state index is 0.0449. The average molecular weight is 447 g/mol. The molecule has 0 saturated heterocycles. The van der Waals surface area contributed by atoms with Gasteiger partial charge in [0, 0.05) is 12.2 Å². The second kappa shape index (κ2) is 10.8. The summed E-state index contributed by atoms with van der Waals surface area (Å²) in [6, 6.07) is 18.0. The maximum Gasteiger partial charge on any atom is 0.330 e. The van der Waals surface area contributed by atoms with Crippen molar-refractivity contribution in [2.45, 2.75) is 26.3 Å². The van der Waals surface area contributed by atoms with Gasteiger partial charge in [0.2, 0.25) is 5.91 Å². The van der Waals surface area contributed by atoms with Crippen LogP contribution in [0.4, 0.5) is 17.2 Å². The van der Waals surface area contributed by atoms with Gasteiger partial charge in [0.25, 0.3) is 5.56 Å². The number of unbranched alkanes of at least 4 members (excludes halogenated alkanes) is 1. The zero-order chi connectivity index (χ0) is 23.8. The number of nitrogen functional groups attached to an aromatic ring is 1. The van der Waals surface area contributed by atoms with E-state index in [0.29, 0.717) is 17.7 Å². The number of nitrogens with zero attached hydrogens (tertiary/aromatic N) is 3. The first-order chi connectivity index (χ1) is 15.9. The molecule has 3 aromatic rings. The number of amides is 1. The zero-order valence-corrected chi connectivity index (χ0v) is 18.4. The Kier molecular flexibility index (Phi) is 7.65. The van der Waals surface area contributed by atoms with Crippen LogP contribution in [0, 0.1) is 11.3 Å². The summed E-state index contributed by atoms with van der Waals surface area (Å²) in [5, 5.41) is 12.0. The number of nitrogens with two attached hydrogens (primary N) is 1. The van der Waals surface area contributed by atoms with Crippen LogP contribution < -0.4 is 27.2 Å².